The van der Waals surface area contributed by atoms with Crippen molar-refractivity contribution in [2.24, 2.45) is 0 Å². The summed E-state index contributed by atoms with van der Waals surface area (Å²) >= 11 is 0. The van der Waals surface area contributed by atoms with Gasteiger partial charge in [-0.2, -0.15) is 0 Å². The van der Waals surface area contributed by atoms with E-state index in [1.807, 2.05) is 0 Å². The molecule has 3 N–H and O–H groups in total. The monoisotopic (exact) mass is 1070 g/mol. The van der Waals surface area contributed by atoms with Crippen LogP contribution in [-0.2, 0) is 14.3 Å². The minimum absolute atomic E-state index is 0.0139. The largest absolute Gasteiger partial charge is 0.466 e. The Bertz CT molecular complexity index is 1140. The maximum Gasteiger partial charge on any atom is 0.305 e. The molecule has 0 heterocycles. The number of allylic oxidation sites excluding steroid dienone is 2. The van der Waals surface area contributed by atoms with E-state index in [1.165, 1.54) is 327 Å². The van der Waals surface area contributed by atoms with Crippen LogP contribution in [0.25, 0.3) is 0 Å². The van der Waals surface area contributed by atoms with Crippen molar-refractivity contribution in [3.8, 4) is 0 Å². The Kier molecular flexibility index (Phi) is 64.9. The van der Waals surface area contributed by atoms with E-state index >= 15 is 0 Å². The van der Waals surface area contributed by atoms with Gasteiger partial charge >= 0.3 is 5.97 Å². The Morgan fingerprint density at radius 2 is 0.618 bits per heavy atom. The number of unbranched alkanes of at least 4 members (excludes halogenated alkanes) is 53. The van der Waals surface area contributed by atoms with Gasteiger partial charge in [0.05, 0.1) is 25.4 Å². The van der Waals surface area contributed by atoms with Gasteiger partial charge in [-0.25, -0.2) is 0 Å². The van der Waals surface area contributed by atoms with Crippen molar-refractivity contribution in [3.63, 3.8) is 0 Å². The first kappa shape index (κ1) is 74.6. The number of carbonyl (C=O) groups is 2. The van der Waals surface area contributed by atoms with E-state index in [0.717, 1.165) is 38.5 Å². The standard InChI is InChI=1S/C70H137NO5/c1-3-5-7-9-11-13-15-17-19-21-23-27-30-34-38-42-46-50-54-58-62-68(73)67(66-72)71-69(74)63-59-55-51-47-43-39-35-31-28-25-24-26-29-33-37-41-45-49-53-57-61-65-76-70(75)64-60-56-52-48-44-40-36-32-22-20-18-16-14-12-10-8-6-4-2/h25,28,67-68,72-73H,3-24,26-27,29-66H2,1-2H3,(H,71,74)/b28-25-. The SMILES string of the molecule is CCCCCCCCCCCCCCCCCCCCCCC(O)C(CO)NC(=O)CCCCCCCCC/C=C\CCCCCCCCCCCCOC(=O)CCCCCCCCCCCCCCCCCCCC. The van der Waals surface area contributed by atoms with E-state index in [9.17, 15) is 19.8 Å². The van der Waals surface area contributed by atoms with Crippen LogP contribution in [-0.4, -0.2) is 47.4 Å². The lowest BCUT2D eigenvalue weighted by Gasteiger charge is -2.22. The lowest BCUT2D eigenvalue weighted by Crippen LogP contribution is -2.45. The highest BCUT2D eigenvalue weighted by Crippen LogP contribution is 2.19. The summed E-state index contributed by atoms with van der Waals surface area (Å²) in [4.78, 5) is 24.6. The van der Waals surface area contributed by atoms with Crippen molar-refractivity contribution >= 4 is 11.9 Å². The second-order valence-electron chi connectivity index (χ2n) is 24.2. The number of aliphatic hydroxyl groups is 2. The van der Waals surface area contributed by atoms with Gasteiger partial charge in [0.15, 0.2) is 0 Å². The first-order valence-electron chi connectivity index (χ1n) is 34.9. The number of rotatable bonds is 66. The average molecular weight is 1070 g/mol. The first-order chi connectivity index (χ1) is 37.5. The highest BCUT2D eigenvalue weighted by molar-refractivity contribution is 5.76. The van der Waals surface area contributed by atoms with Crippen molar-refractivity contribution in [3.05, 3.63) is 12.2 Å². The van der Waals surface area contributed by atoms with E-state index in [0.29, 0.717) is 25.9 Å². The molecule has 0 aliphatic rings. The molecule has 76 heavy (non-hydrogen) atoms. The third kappa shape index (κ3) is 61.8. The molecule has 0 saturated carbocycles. The number of hydrogen-bond donors (Lipinski definition) is 3. The quantitative estimate of drug-likeness (QED) is 0.0320. The Hall–Kier alpha value is -1.40. The molecule has 0 spiro atoms. The lowest BCUT2D eigenvalue weighted by molar-refractivity contribution is -0.143. The molecule has 0 aliphatic heterocycles. The summed E-state index contributed by atoms with van der Waals surface area (Å²) in [5.41, 5.74) is 0. The van der Waals surface area contributed by atoms with Crippen molar-refractivity contribution in [2.45, 2.75) is 411 Å². The average Bonchev–Trinajstić information content (AvgIpc) is 3.42. The van der Waals surface area contributed by atoms with Crippen molar-refractivity contribution < 1.29 is 24.5 Å². The summed E-state index contributed by atoms with van der Waals surface area (Å²) in [7, 11) is 0. The number of carbonyl (C=O) groups excluding carboxylic acids is 2. The number of amides is 1. The third-order valence-electron chi connectivity index (χ3n) is 16.6. The minimum atomic E-state index is -0.670. The molecule has 0 bridgehead atoms. The van der Waals surface area contributed by atoms with Crippen LogP contribution in [0.1, 0.15) is 399 Å². The van der Waals surface area contributed by atoms with Crippen LogP contribution in [0, 0.1) is 0 Å². The predicted molar refractivity (Wildman–Crippen MR) is 333 cm³/mol. The van der Waals surface area contributed by atoms with Crippen LogP contribution >= 0.6 is 0 Å². The summed E-state index contributed by atoms with van der Waals surface area (Å²) in [6.07, 6.45) is 81.0. The summed E-state index contributed by atoms with van der Waals surface area (Å²) in [6.45, 7) is 4.99. The fourth-order valence-corrected chi connectivity index (χ4v) is 11.2. The second kappa shape index (κ2) is 66.1. The summed E-state index contributed by atoms with van der Waals surface area (Å²) < 4.78 is 5.50. The number of ether oxygens (including phenoxy) is 1. The van der Waals surface area contributed by atoms with Crippen molar-refractivity contribution in [2.75, 3.05) is 13.2 Å². The Balaban J connectivity index is 3.40. The van der Waals surface area contributed by atoms with Crippen LogP contribution in [0.2, 0.25) is 0 Å². The predicted octanol–water partition coefficient (Wildman–Crippen LogP) is 22.4. The van der Waals surface area contributed by atoms with Gasteiger partial charge in [0.2, 0.25) is 5.91 Å². The number of nitrogens with one attached hydrogen (secondary N) is 1. The van der Waals surface area contributed by atoms with E-state index in [2.05, 4.69) is 31.3 Å². The molecule has 452 valence electrons. The zero-order valence-corrected chi connectivity index (χ0v) is 51.8. The summed E-state index contributed by atoms with van der Waals surface area (Å²) in [5.74, 6) is -0.0244. The highest BCUT2D eigenvalue weighted by atomic mass is 16.5. The van der Waals surface area contributed by atoms with E-state index in [1.54, 1.807) is 0 Å². The van der Waals surface area contributed by atoms with Gasteiger partial charge in [0.1, 0.15) is 0 Å². The normalized spacial score (nSPS) is 12.5. The molecule has 2 atom stereocenters. The fourth-order valence-electron chi connectivity index (χ4n) is 11.2. The fraction of sp³-hybridized carbons (Fsp3) is 0.943. The molecular formula is C70H137NO5. The summed E-state index contributed by atoms with van der Waals surface area (Å²) in [5, 5.41) is 23.4. The maximum absolute atomic E-state index is 12.5. The first-order valence-corrected chi connectivity index (χ1v) is 34.9. The molecular weight excluding hydrogens is 935 g/mol. The Morgan fingerprint density at radius 1 is 0.355 bits per heavy atom. The van der Waals surface area contributed by atoms with Gasteiger partial charge in [0, 0.05) is 12.8 Å². The van der Waals surface area contributed by atoms with Gasteiger partial charge in [-0.3, -0.25) is 9.59 Å². The highest BCUT2D eigenvalue weighted by Gasteiger charge is 2.20. The smallest absolute Gasteiger partial charge is 0.305 e. The molecule has 0 saturated heterocycles. The maximum atomic E-state index is 12.5. The zero-order chi connectivity index (χ0) is 55.0. The second-order valence-corrected chi connectivity index (χ2v) is 24.2. The van der Waals surface area contributed by atoms with Crippen LogP contribution in [0.4, 0.5) is 0 Å². The summed E-state index contributed by atoms with van der Waals surface area (Å²) in [6, 6.07) is -0.547. The molecule has 0 aromatic heterocycles. The molecule has 1 amide bonds. The van der Waals surface area contributed by atoms with E-state index in [-0.39, 0.29) is 18.5 Å². The molecule has 0 rings (SSSR count). The zero-order valence-electron chi connectivity index (χ0n) is 51.8. The van der Waals surface area contributed by atoms with Crippen LogP contribution in [0.3, 0.4) is 0 Å². The lowest BCUT2D eigenvalue weighted by atomic mass is 10.0. The molecule has 6 heteroatoms. The molecule has 0 aromatic carbocycles. The van der Waals surface area contributed by atoms with E-state index in [4.69, 9.17) is 4.74 Å². The molecule has 0 fully saturated rings. The molecule has 0 aromatic rings. The molecule has 0 aliphatic carbocycles. The van der Waals surface area contributed by atoms with Crippen LogP contribution < -0.4 is 5.32 Å². The van der Waals surface area contributed by atoms with Crippen molar-refractivity contribution in [1.29, 1.82) is 0 Å². The Morgan fingerprint density at radius 3 is 0.934 bits per heavy atom. The minimum Gasteiger partial charge on any atom is -0.466 e. The van der Waals surface area contributed by atoms with Crippen molar-refractivity contribution in [1.82, 2.24) is 5.32 Å². The topological polar surface area (TPSA) is 95.9 Å². The van der Waals surface area contributed by atoms with Gasteiger partial charge in [-0.05, 0) is 51.4 Å². The van der Waals surface area contributed by atoms with Gasteiger partial charge < -0.3 is 20.3 Å². The molecule has 2 unspecified atom stereocenters. The Labute approximate surface area is 476 Å². The van der Waals surface area contributed by atoms with Gasteiger partial charge in [-0.15, -0.1) is 0 Å². The number of hydrogen-bond acceptors (Lipinski definition) is 5. The van der Waals surface area contributed by atoms with Crippen LogP contribution in [0.5, 0.6) is 0 Å². The number of esters is 1. The van der Waals surface area contributed by atoms with E-state index < -0.39 is 12.1 Å². The number of aliphatic hydroxyl groups excluding tert-OH is 2. The van der Waals surface area contributed by atoms with Crippen LogP contribution in [0.15, 0.2) is 12.2 Å². The molecule has 6 nitrogen and oxygen atoms in total. The third-order valence-corrected chi connectivity index (χ3v) is 16.6. The van der Waals surface area contributed by atoms with Gasteiger partial charge in [-0.1, -0.05) is 347 Å². The molecule has 0 radical (unpaired) electrons. The van der Waals surface area contributed by atoms with Gasteiger partial charge in [0.25, 0.3) is 0 Å².